The Morgan fingerprint density at radius 3 is 2.73 bits per heavy atom. The van der Waals surface area contributed by atoms with Crippen molar-refractivity contribution in [1.29, 1.82) is 0 Å². The molecule has 2 aromatic rings. The number of hydrogen-bond donors (Lipinski definition) is 5. The maximum Gasteiger partial charge on any atom is 0.252 e. The molecule has 1 fully saturated rings. The number of anilines is 1. The molecule has 1 aliphatic heterocycles. The molecule has 3 rings (SSSR count). The number of carbonyl (C=O) groups is 1. The lowest BCUT2D eigenvalue weighted by Crippen LogP contribution is -2.42. The van der Waals surface area contributed by atoms with Crippen molar-refractivity contribution >= 4 is 22.9 Å². The van der Waals surface area contributed by atoms with Gasteiger partial charge in [0.1, 0.15) is 12.2 Å². The molecule has 5 N–H and O–H groups in total. The number of ether oxygens (including phenoxy) is 1. The maximum atomic E-state index is 12.1. The third kappa shape index (κ3) is 4.36. The summed E-state index contributed by atoms with van der Waals surface area (Å²) in [5.74, 6) is 5.77. The largest absolute Gasteiger partial charge is 0.392 e. The van der Waals surface area contributed by atoms with Crippen LogP contribution in [0.25, 0.3) is 11.2 Å². The molecule has 1 aliphatic rings. The summed E-state index contributed by atoms with van der Waals surface area (Å²) in [5.41, 5.74) is 0.764. The molecule has 2 aromatic heterocycles. The Morgan fingerprint density at radius 2 is 2.07 bits per heavy atom. The number of nitrogens with one attached hydrogen (secondary N) is 2. The highest BCUT2D eigenvalue weighted by Crippen LogP contribution is 2.32. The van der Waals surface area contributed by atoms with Crippen LogP contribution in [0.4, 0.5) is 5.82 Å². The third-order valence-corrected chi connectivity index (χ3v) is 4.49. The monoisotopic (exact) mass is 418 g/mol. The summed E-state index contributed by atoms with van der Waals surface area (Å²) in [4.78, 5) is 25.2. The van der Waals surface area contributed by atoms with Crippen LogP contribution in [0.2, 0.25) is 0 Å². The van der Waals surface area contributed by atoms with Crippen LogP contribution < -0.4 is 10.6 Å². The fourth-order valence-electron chi connectivity index (χ4n) is 3.11. The number of aromatic nitrogens is 4. The van der Waals surface area contributed by atoms with Gasteiger partial charge >= 0.3 is 0 Å². The van der Waals surface area contributed by atoms with Gasteiger partial charge in [0.05, 0.1) is 12.4 Å². The first-order valence-corrected chi connectivity index (χ1v) is 9.82. The van der Waals surface area contributed by atoms with E-state index in [1.807, 2.05) is 6.92 Å². The minimum absolute atomic E-state index is 0.203. The molecule has 1 saturated heterocycles. The highest BCUT2D eigenvalue weighted by molar-refractivity contribution is 5.84. The Balaban J connectivity index is 2.00. The molecule has 0 bridgehead atoms. The summed E-state index contributed by atoms with van der Waals surface area (Å²) in [6, 6.07) is 0. The van der Waals surface area contributed by atoms with Crippen LogP contribution in [0, 0.1) is 11.8 Å². The summed E-state index contributed by atoms with van der Waals surface area (Å²) in [6.07, 6.45) is -3.95. The molecular formula is C19H26N6O5. The summed E-state index contributed by atoms with van der Waals surface area (Å²) in [5, 5.41) is 35.9. The van der Waals surface area contributed by atoms with Gasteiger partial charge in [-0.05, 0) is 26.7 Å². The third-order valence-electron chi connectivity index (χ3n) is 4.49. The van der Waals surface area contributed by atoms with Crippen molar-refractivity contribution in [3.05, 3.63) is 12.2 Å². The van der Waals surface area contributed by atoms with E-state index in [-0.39, 0.29) is 12.2 Å². The van der Waals surface area contributed by atoms with E-state index in [0.29, 0.717) is 30.1 Å². The number of rotatable bonds is 6. The maximum absolute atomic E-state index is 12.1. The molecule has 11 heteroatoms. The average molecular weight is 418 g/mol. The lowest BCUT2D eigenvalue weighted by atomic mass is 10.1. The highest BCUT2D eigenvalue weighted by Gasteiger charge is 2.47. The normalized spacial score (nSPS) is 24.3. The van der Waals surface area contributed by atoms with Crippen molar-refractivity contribution in [2.45, 2.75) is 57.8 Å². The number of carbonyl (C=O) groups excluding carboxylic acids is 1. The molecule has 1 amide bonds. The Labute approximate surface area is 173 Å². The van der Waals surface area contributed by atoms with Gasteiger partial charge in [0.25, 0.3) is 5.91 Å². The van der Waals surface area contributed by atoms with E-state index < -0.39 is 36.6 Å². The molecule has 0 saturated carbocycles. The molecule has 30 heavy (non-hydrogen) atoms. The van der Waals surface area contributed by atoms with Gasteiger partial charge in [-0.3, -0.25) is 9.36 Å². The molecule has 0 aliphatic carbocycles. The fourth-order valence-corrected chi connectivity index (χ4v) is 3.11. The van der Waals surface area contributed by atoms with Crippen molar-refractivity contribution in [3.8, 4) is 11.8 Å². The van der Waals surface area contributed by atoms with E-state index in [4.69, 9.17) is 4.74 Å². The smallest absolute Gasteiger partial charge is 0.252 e. The minimum Gasteiger partial charge on any atom is -0.392 e. The number of nitrogens with zero attached hydrogens (tertiary/aromatic N) is 4. The summed E-state index contributed by atoms with van der Waals surface area (Å²) in [6.45, 7) is 6.23. The zero-order chi connectivity index (χ0) is 21.8. The molecule has 11 nitrogen and oxygen atoms in total. The number of hydrogen-bond acceptors (Lipinski definition) is 9. The Bertz CT molecular complexity index is 965. The molecular weight excluding hydrogens is 392 g/mol. The van der Waals surface area contributed by atoms with Gasteiger partial charge in [0.15, 0.2) is 29.3 Å². The number of likely N-dealkylation sites (N-methyl/N-ethyl adjacent to an activating group) is 1. The first kappa shape index (κ1) is 21.9. The molecule has 0 radical (unpaired) electrons. The molecule has 162 valence electrons. The highest BCUT2D eigenvalue weighted by atomic mass is 16.6. The summed E-state index contributed by atoms with van der Waals surface area (Å²) >= 11 is 0. The Kier molecular flexibility index (Phi) is 6.84. The molecule has 0 aromatic carbocycles. The van der Waals surface area contributed by atoms with E-state index in [1.165, 1.54) is 10.9 Å². The number of amides is 1. The standard InChI is InChI=1S/C19H26N6O5/c1-4-20-16-12-17(24-11(23-16)8-6-7-10(3)26)25(9-22-12)19-14(28)13(27)15(30-19)18(29)21-5-2/h9-10,13-15,19,26-28H,4-5,7H2,1-3H3,(H,21,29)(H,20,23,24)/t10?,13-,14+,15-,19+/m0/s1. The average Bonchev–Trinajstić information content (AvgIpc) is 3.24. The van der Waals surface area contributed by atoms with E-state index in [2.05, 4.69) is 37.4 Å². The fraction of sp³-hybridized carbons (Fsp3) is 0.579. The predicted octanol–water partition coefficient (Wildman–Crippen LogP) is -0.864. The van der Waals surface area contributed by atoms with Crippen molar-refractivity contribution in [3.63, 3.8) is 0 Å². The van der Waals surface area contributed by atoms with Crippen LogP contribution in [-0.4, -0.2) is 78.3 Å². The van der Waals surface area contributed by atoms with Gasteiger partial charge in [-0.1, -0.05) is 5.92 Å². The molecule has 1 unspecified atom stereocenters. The zero-order valence-electron chi connectivity index (χ0n) is 17.0. The van der Waals surface area contributed by atoms with Crippen LogP contribution in [0.15, 0.2) is 6.33 Å². The lowest BCUT2D eigenvalue weighted by Gasteiger charge is -2.16. The van der Waals surface area contributed by atoms with Crippen LogP contribution in [-0.2, 0) is 9.53 Å². The first-order chi connectivity index (χ1) is 14.4. The van der Waals surface area contributed by atoms with Crippen LogP contribution in [0.1, 0.15) is 39.2 Å². The molecule has 3 heterocycles. The van der Waals surface area contributed by atoms with Crippen LogP contribution in [0.3, 0.4) is 0 Å². The zero-order valence-corrected chi connectivity index (χ0v) is 17.0. The van der Waals surface area contributed by atoms with Crippen molar-refractivity contribution < 1.29 is 24.9 Å². The van der Waals surface area contributed by atoms with Crippen LogP contribution in [0.5, 0.6) is 0 Å². The lowest BCUT2D eigenvalue weighted by molar-refractivity contribution is -0.137. The minimum atomic E-state index is -1.40. The van der Waals surface area contributed by atoms with Crippen molar-refractivity contribution in [1.82, 2.24) is 24.8 Å². The quantitative estimate of drug-likeness (QED) is 0.377. The Morgan fingerprint density at radius 1 is 1.30 bits per heavy atom. The topological polar surface area (TPSA) is 155 Å². The number of aliphatic hydroxyl groups excluding tert-OH is 3. The van der Waals surface area contributed by atoms with Gasteiger partial charge in [-0.2, -0.15) is 0 Å². The van der Waals surface area contributed by atoms with E-state index >= 15 is 0 Å². The second kappa shape index (κ2) is 9.36. The van der Waals surface area contributed by atoms with E-state index in [9.17, 15) is 20.1 Å². The van der Waals surface area contributed by atoms with Crippen LogP contribution >= 0.6 is 0 Å². The van der Waals surface area contributed by atoms with Gasteiger partial charge in [0.2, 0.25) is 5.82 Å². The SMILES string of the molecule is CCNC(=O)[C@H]1O[C@@H](n2cnc3c(NCC)nc(C#CCC(C)O)nc32)[C@H](O)[C@@H]1O. The molecule has 0 spiro atoms. The number of aliphatic hydroxyl groups is 3. The summed E-state index contributed by atoms with van der Waals surface area (Å²) < 4.78 is 7.12. The van der Waals surface area contributed by atoms with Gasteiger partial charge < -0.3 is 30.7 Å². The van der Waals surface area contributed by atoms with E-state index in [1.54, 1.807) is 13.8 Å². The first-order valence-electron chi connectivity index (χ1n) is 9.82. The summed E-state index contributed by atoms with van der Waals surface area (Å²) in [7, 11) is 0. The second-order valence-electron chi connectivity index (χ2n) is 6.93. The Hall–Kier alpha value is -2.78. The predicted molar refractivity (Wildman–Crippen MR) is 107 cm³/mol. The van der Waals surface area contributed by atoms with Crippen molar-refractivity contribution in [2.24, 2.45) is 0 Å². The molecule has 5 atom stereocenters. The van der Waals surface area contributed by atoms with Gasteiger partial charge in [0, 0.05) is 19.5 Å². The van der Waals surface area contributed by atoms with Gasteiger partial charge in [-0.15, -0.1) is 0 Å². The van der Waals surface area contributed by atoms with Gasteiger partial charge in [-0.25, -0.2) is 15.0 Å². The number of imidazole rings is 1. The second-order valence-corrected chi connectivity index (χ2v) is 6.93. The van der Waals surface area contributed by atoms with Crippen molar-refractivity contribution in [2.75, 3.05) is 18.4 Å². The number of fused-ring (bicyclic) bond motifs is 1. The van der Waals surface area contributed by atoms with E-state index in [0.717, 1.165) is 0 Å².